The van der Waals surface area contributed by atoms with Crippen molar-refractivity contribution in [3.63, 3.8) is 0 Å². The summed E-state index contributed by atoms with van der Waals surface area (Å²) in [5.74, 6) is 0.840. The monoisotopic (exact) mass is 195 g/mol. The number of hydrogen-bond donors (Lipinski definition) is 1. The van der Waals surface area contributed by atoms with Gasteiger partial charge in [-0.2, -0.15) is 0 Å². The van der Waals surface area contributed by atoms with Crippen LogP contribution in [0.3, 0.4) is 0 Å². The van der Waals surface area contributed by atoms with Crippen molar-refractivity contribution >= 4 is 0 Å². The lowest BCUT2D eigenvalue weighted by molar-refractivity contribution is 0.00668. The Balaban J connectivity index is 2.15. The summed E-state index contributed by atoms with van der Waals surface area (Å²) in [4.78, 5) is 0. The molecule has 3 heteroatoms. The molecule has 1 rings (SSSR count). The molecule has 0 aliphatic rings. The first-order valence-electron chi connectivity index (χ1n) is 4.81. The van der Waals surface area contributed by atoms with Crippen LogP contribution in [0.5, 0.6) is 5.75 Å². The molecule has 78 valence electrons. The van der Waals surface area contributed by atoms with Gasteiger partial charge in [-0.15, -0.1) is 0 Å². The molecule has 0 atom stereocenters. The maximum absolute atomic E-state index is 5.35. The van der Waals surface area contributed by atoms with E-state index in [1.165, 1.54) is 5.56 Å². The first kappa shape index (κ1) is 11.0. The van der Waals surface area contributed by atoms with E-state index in [2.05, 4.69) is 5.32 Å². The predicted octanol–water partition coefficient (Wildman–Crippen LogP) is 1.91. The van der Waals surface area contributed by atoms with E-state index in [-0.39, 0.29) is 6.79 Å². The zero-order chi connectivity index (χ0) is 10.2. The van der Waals surface area contributed by atoms with Crippen LogP contribution in [0.4, 0.5) is 0 Å². The summed E-state index contributed by atoms with van der Waals surface area (Å²) in [5.41, 5.74) is 1.23. The molecule has 1 aromatic carbocycles. The summed E-state index contributed by atoms with van der Waals surface area (Å²) in [6.45, 7) is 5.80. The summed E-state index contributed by atoms with van der Waals surface area (Å²) in [7, 11) is 0. The highest BCUT2D eigenvalue weighted by Gasteiger charge is 1.91. The maximum atomic E-state index is 5.35. The van der Waals surface area contributed by atoms with E-state index in [0.717, 1.165) is 12.3 Å². The Morgan fingerprint density at radius 2 is 1.93 bits per heavy atom. The fourth-order valence-electron chi connectivity index (χ4n) is 0.960. The second kappa shape index (κ2) is 6.40. The molecule has 0 saturated carbocycles. The summed E-state index contributed by atoms with van der Waals surface area (Å²) in [5, 5.41) is 3.04. The molecule has 0 fully saturated rings. The highest BCUT2D eigenvalue weighted by atomic mass is 16.7. The predicted molar refractivity (Wildman–Crippen MR) is 56.3 cm³/mol. The van der Waals surface area contributed by atoms with Crippen LogP contribution in [0, 0.1) is 6.92 Å². The quantitative estimate of drug-likeness (QED) is 0.555. The van der Waals surface area contributed by atoms with Crippen molar-refractivity contribution in [2.45, 2.75) is 13.8 Å². The Kier molecular flexibility index (Phi) is 5.04. The number of aryl methyl sites for hydroxylation is 1. The van der Waals surface area contributed by atoms with Crippen molar-refractivity contribution in [1.29, 1.82) is 0 Å². The number of hydrogen-bond acceptors (Lipinski definition) is 3. The van der Waals surface area contributed by atoms with Crippen LogP contribution in [0.25, 0.3) is 0 Å². The van der Waals surface area contributed by atoms with E-state index >= 15 is 0 Å². The molecule has 0 radical (unpaired) electrons. The lowest BCUT2D eigenvalue weighted by Gasteiger charge is -2.07. The van der Waals surface area contributed by atoms with Crippen LogP contribution in [0.15, 0.2) is 24.3 Å². The molecule has 0 unspecified atom stereocenters. The second-order valence-corrected chi connectivity index (χ2v) is 3.03. The summed E-state index contributed by atoms with van der Waals surface area (Å²) < 4.78 is 10.5. The molecule has 3 nitrogen and oxygen atoms in total. The van der Waals surface area contributed by atoms with Gasteiger partial charge in [-0.1, -0.05) is 24.6 Å². The third-order valence-corrected chi connectivity index (χ3v) is 1.78. The first-order valence-corrected chi connectivity index (χ1v) is 4.81. The van der Waals surface area contributed by atoms with E-state index in [1.807, 2.05) is 38.1 Å². The molecular weight excluding hydrogens is 178 g/mol. The molecule has 0 amide bonds. The molecule has 14 heavy (non-hydrogen) atoms. The number of rotatable bonds is 6. The number of benzene rings is 1. The van der Waals surface area contributed by atoms with Crippen molar-refractivity contribution in [2.24, 2.45) is 0 Å². The van der Waals surface area contributed by atoms with Gasteiger partial charge < -0.3 is 9.47 Å². The lowest BCUT2D eigenvalue weighted by atomic mass is 10.2. The summed E-state index contributed by atoms with van der Waals surface area (Å²) >= 11 is 0. The molecule has 0 bridgehead atoms. The zero-order valence-corrected chi connectivity index (χ0v) is 8.75. The van der Waals surface area contributed by atoms with Gasteiger partial charge in [0.2, 0.25) is 0 Å². The van der Waals surface area contributed by atoms with E-state index in [4.69, 9.17) is 9.47 Å². The van der Waals surface area contributed by atoms with Crippen LogP contribution >= 0.6 is 0 Å². The molecule has 0 heterocycles. The minimum Gasteiger partial charge on any atom is -0.468 e. The largest absolute Gasteiger partial charge is 0.468 e. The smallest absolute Gasteiger partial charge is 0.190 e. The minimum atomic E-state index is 0.288. The Morgan fingerprint density at radius 1 is 1.21 bits per heavy atom. The molecule has 1 N–H and O–H groups in total. The standard InChI is InChI=1S/C11H17NO2/c1-3-12-8-13-9-14-11-6-4-10(2)5-7-11/h4-7,12H,3,8-9H2,1-2H3. The molecule has 1 aromatic rings. The topological polar surface area (TPSA) is 30.5 Å². The Morgan fingerprint density at radius 3 is 2.57 bits per heavy atom. The van der Waals surface area contributed by atoms with Gasteiger partial charge in [-0.05, 0) is 25.6 Å². The van der Waals surface area contributed by atoms with Crippen molar-refractivity contribution < 1.29 is 9.47 Å². The summed E-state index contributed by atoms with van der Waals surface area (Å²) in [6, 6.07) is 7.90. The highest BCUT2D eigenvalue weighted by Crippen LogP contribution is 2.10. The lowest BCUT2D eigenvalue weighted by Crippen LogP contribution is -2.18. The normalized spacial score (nSPS) is 10.1. The SMILES string of the molecule is CCNCOCOc1ccc(C)cc1. The van der Waals surface area contributed by atoms with Crippen LogP contribution in [-0.4, -0.2) is 20.1 Å². The van der Waals surface area contributed by atoms with E-state index in [0.29, 0.717) is 6.73 Å². The van der Waals surface area contributed by atoms with Crippen LogP contribution in [0.1, 0.15) is 12.5 Å². The molecule has 0 aliphatic heterocycles. The van der Waals surface area contributed by atoms with Crippen LogP contribution < -0.4 is 10.1 Å². The van der Waals surface area contributed by atoms with Gasteiger partial charge in [0.15, 0.2) is 6.79 Å². The summed E-state index contributed by atoms with van der Waals surface area (Å²) in [6.07, 6.45) is 0. The third-order valence-electron chi connectivity index (χ3n) is 1.78. The fraction of sp³-hybridized carbons (Fsp3) is 0.455. The maximum Gasteiger partial charge on any atom is 0.190 e. The van der Waals surface area contributed by atoms with Crippen LogP contribution in [0.2, 0.25) is 0 Å². The minimum absolute atomic E-state index is 0.288. The van der Waals surface area contributed by atoms with Gasteiger partial charge in [0.05, 0.1) is 0 Å². The molecule has 0 aliphatic carbocycles. The molecule has 0 spiro atoms. The van der Waals surface area contributed by atoms with Gasteiger partial charge in [-0.3, -0.25) is 5.32 Å². The average Bonchev–Trinajstić information content (AvgIpc) is 2.21. The molecule has 0 aromatic heterocycles. The van der Waals surface area contributed by atoms with E-state index in [9.17, 15) is 0 Å². The van der Waals surface area contributed by atoms with Gasteiger partial charge >= 0.3 is 0 Å². The average molecular weight is 195 g/mol. The Labute approximate surface area is 85.0 Å². The highest BCUT2D eigenvalue weighted by molar-refractivity contribution is 5.26. The molecule has 0 saturated heterocycles. The van der Waals surface area contributed by atoms with Crippen LogP contribution in [-0.2, 0) is 4.74 Å². The number of ether oxygens (including phenoxy) is 2. The van der Waals surface area contributed by atoms with E-state index < -0.39 is 0 Å². The van der Waals surface area contributed by atoms with Gasteiger partial charge in [-0.25, -0.2) is 0 Å². The second-order valence-electron chi connectivity index (χ2n) is 3.03. The van der Waals surface area contributed by atoms with Crippen molar-refractivity contribution in [2.75, 3.05) is 20.1 Å². The van der Waals surface area contributed by atoms with Crippen molar-refractivity contribution in [3.8, 4) is 5.75 Å². The fourth-order valence-corrected chi connectivity index (χ4v) is 0.960. The van der Waals surface area contributed by atoms with Gasteiger partial charge in [0, 0.05) is 0 Å². The Bertz CT molecular complexity index is 246. The van der Waals surface area contributed by atoms with E-state index in [1.54, 1.807) is 0 Å². The van der Waals surface area contributed by atoms with Gasteiger partial charge in [0.1, 0.15) is 12.5 Å². The first-order chi connectivity index (χ1) is 6.83. The Hall–Kier alpha value is -1.06. The number of nitrogens with one attached hydrogen (secondary N) is 1. The van der Waals surface area contributed by atoms with Crippen molar-refractivity contribution in [3.05, 3.63) is 29.8 Å². The van der Waals surface area contributed by atoms with Gasteiger partial charge in [0.25, 0.3) is 0 Å². The van der Waals surface area contributed by atoms with Crippen molar-refractivity contribution in [1.82, 2.24) is 5.32 Å². The third kappa shape index (κ3) is 4.25. The zero-order valence-electron chi connectivity index (χ0n) is 8.75. The molecular formula is C11H17NO2.